The van der Waals surface area contributed by atoms with Gasteiger partial charge in [-0.2, -0.15) is 0 Å². The Kier molecular flexibility index (Phi) is 5.98. The fraction of sp³-hybridized carbons (Fsp3) is 0.333. The summed E-state index contributed by atoms with van der Waals surface area (Å²) in [6, 6.07) is 10.3. The van der Waals surface area contributed by atoms with Gasteiger partial charge in [0.15, 0.2) is 5.60 Å². The molecule has 2 aromatic carbocycles. The largest absolute Gasteiger partial charge is 0.492 e. The van der Waals surface area contributed by atoms with E-state index in [1.807, 2.05) is 13.0 Å². The number of ether oxygens (including phenoxy) is 1. The molecular formula is C21H21Cl2NO4. The first kappa shape index (κ1) is 20.6. The van der Waals surface area contributed by atoms with Gasteiger partial charge in [0.05, 0.1) is 17.3 Å². The van der Waals surface area contributed by atoms with Crippen molar-refractivity contribution in [1.82, 2.24) is 0 Å². The first-order valence-electron chi connectivity index (χ1n) is 8.96. The number of carbonyl (C=O) groups excluding carboxylic acids is 2. The van der Waals surface area contributed by atoms with E-state index in [0.29, 0.717) is 46.6 Å². The fourth-order valence-electron chi connectivity index (χ4n) is 3.53. The maximum atomic E-state index is 13.0. The van der Waals surface area contributed by atoms with Crippen molar-refractivity contribution in [2.24, 2.45) is 0 Å². The minimum atomic E-state index is -1.81. The minimum Gasteiger partial charge on any atom is -0.492 e. The molecular weight excluding hydrogens is 401 g/mol. The Morgan fingerprint density at radius 3 is 2.68 bits per heavy atom. The van der Waals surface area contributed by atoms with Gasteiger partial charge < -0.3 is 14.7 Å². The number of ketones is 1. The zero-order valence-electron chi connectivity index (χ0n) is 15.7. The average molecular weight is 422 g/mol. The first-order chi connectivity index (χ1) is 13.2. The number of rotatable bonds is 7. The molecule has 7 heteroatoms. The number of aryl methyl sites for hydroxylation is 1. The van der Waals surface area contributed by atoms with Gasteiger partial charge in [-0.3, -0.25) is 9.59 Å². The van der Waals surface area contributed by atoms with E-state index in [1.54, 1.807) is 35.2 Å². The summed E-state index contributed by atoms with van der Waals surface area (Å²) in [7, 11) is 0. The third kappa shape index (κ3) is 3.88. The lowest BCUT2D eigenvalue weighted by molar-refractivity contribution is -0.141. The van der Waals surface area contributed by atoms with Crippen LogP contribution in [0.2, 0.25) is 10.0 Å². The highest BCUT2D eigenvalue weighted by Gasteiger charge is 2.50. The van der Waals surface area contributed by atoms with Gasteiger partial charge in [0.1, 0.15) is 11.5 Å². The van der Waals surface area contributed by atoms with Crippen molar-refractivity contribution in [3.8, 4) is 5.75 Å². The number of hydrogen-bond donors (Lipinski definition) is 1. The predicted molar refractivity (Wildman–Crippen MR) is 109 cm³/mol. The molecule has 0 fully saturated rings. The van der Waals surface area contributed by atoms with Gasteiger partial charge in [-0.1, -0.05) is 41.4 Å². The number of carbonyl (C=O) groups is 2. The highest BCUT2D eigenvalue weighted by molar-refractivity contribution is 6.35. The number of hydrogen-bond acceptors (Lipinski definition) is 4. The van der Waals surface area contributed by atoms with E-state index in [4.69, 9.17) is 27.9 Å². The topological polar surface area (TPSA) is 66.8 Å². The van der Waals surface area contributed by atoms with Crippen molar-refractivity contribution in [3.63, 3.8) is 0 Å². The van der Waals surface area contributed by atoms with Gasteiger partial charge in [0.2, 0.25) is 0 Å². The Balaban J connectivity index is 1.73. The van der Waals surface area contributed by atoms with Crippen molar-refractivity contribution in [1.29, 1.82) is 0 Å². The molecule has 1 atom stereocenters. The van der Waals surface area contributed by atoms with E-state index in [0.717, 1.165) is 5.56 Å². The van der Waals surface area contributed by atoms with Gasteiger partial charge in [0, 0.05) is 23.6 Å². The molecule has 0 aromatic heterocycles. The van der Waals surface area contributed by atoms with Crippen LogP contribution in [0.15, 0.2) is 36.4 Å². The van der Waals surface area contributed by atoms with Crippen molar-refractivity contribution < 1.29 is 19.4 Å². The van der Waals surface area contributed by atoms with E-state index in [2.05, 4.69) is 0 Å². The van der Waals surface area contributed by atoms with E-state index in [9.17, 15) is 14.7 Å². The number of para-hydroxylation sites is 1. The molecule has 1 aliphatic heterocycles. The van der Waals surface area contributed by atoms with Crippen molar-refractivity contribution >= 4 is 40.6 Å². The maximum Gasteiger partial charge on any atom is 0.264 e. The summed E-state index contributed by atoms with van der Waals surface area (Å²) in [5.74, 6) is -0.203. The molecule has 1 amide bonds. The molecule has 2 aromatic rings. The first-order valence-corrected chi connectivity index (χ1v) is 9.71. The van der Waals surface area contributed by atoms with Crippen molar-refractivity contribution in [3.05, 3.63) is 57.6 Å². The molecule has 3 rings (SSSR count). The number of amides is 1. The zero-order valence-corrected chi connectivity index (χ0v) is 17.2. The number of nitrogens with zero attached hydrogens (tertiary/aromatic N) is 1. The SMILES string of the molecule is CC(=O)CC1(O)C(=O)N(CCCOc2ccc(Cl)cc2Cl)c2c(C)cccc21. The number of Topliss-reactive ketones (excluding diaryl/α,β-unsaturated/α-hetero) is 1. The summed E-state index contributed by atoms with van der Waals surface area (Å²) in [6.07, 6.45) is 0.282. The molecule has 1 N–H and O–H groups in total. The molecule has 0 saturated heterocycles. The number of anilines is 1. The summed E-state index contributed by atoms with van der Waals surface area (Å²) >= 11 is 12.0. The van der Waals surface area contributed by atoms with Gasteiger partial charge in [-0.25, -0.2) is 0 Å². The maximum absolute atomic E-state index is 13.0. The Morgan fingerprint density at radius 2 is 2.00 bits per heavy atom. The summed E-state index contributed by atoms with van der Waals surface area (Å²) in [4.78, 5) is 26.2. The lowest BCUT2D eigenvalue weighted by Gasteiger charge is -2.22. The van der Waals surface area contributed by atoms with E-state index >= 15 is 0 Å². The quantitative estimate of drug-likeness (QED) is 0.677. The lowest BCUT2D eigenvalue weighted by Crippen LogP contribution is -2.42. The summed E-state index contributed by atoms with van der Waals surface area (Å²) in [5, 5.41) is 11.9. The van der Waals surface area contributed by atoms with Crippen LogP contribution in [0.1, 0.15) is 30.9 Å². The Bertz CT molecular complexity index is 931. The molecule has 1 heterocycles. The van der Waals surface area contributed by atoms with Gasteiger partial charge in [-0.15, -0.1) is 0 Å². The smallest absolute Gasteiger partial charge is 0.264 e. The van der Waals surface area contributed by atoms with Crippen LogP contribution in [0.3, 0.4) is 0 Å². The van der Waals surface area contributed by atoms with Crippen LogP contribution >= 0.6 is 23.2 Å². The van der Waals surface area contributed by atoms with Crippen LogP contribution in [0.4, 0.5) is 5.69 Å². The summed E-state index contributed by atoms with van der Waals surface area (Å²) in [5.41, 5.74) is 0.204. The standard InChI is InChI=1S/C21H21Cl2NO4/c1-13-5-3-6-16-19(13)24(20(26)21(16,27)12-14(2)25)9-4-10-28-18-8-7-15(22)11-17(18)23/h3,5-8,11,27H,4,9-10,12H2,1-2H3. The van der Waals surface area contributed by atoms with Crippen molar-refractivity contribution in [2.75, 3.05) is 18.1 Å². The molecule has 1 aliphatic rings. The second-order valence-corrected chi connectivity index (χ2v) is 7.79. The zero-order chi connectivity index (χ0) is 20.5. The van der Waals surface area contributed by atoms with Crippen molar-refractivity contribution in [2.45, 2.75) is 32.3 Å². The monoisotopic (exact) mass is 421 g/mol. The second kappa shape index (κ2) is 8.11. The molecule has 0 bridgehead atoms. The molecule has 1 unspecified atom stereocenters. The molecule has 5 nitrogen and oxygen atoms in total. The van der Waals surface area contributed by atoms with Gasteiger partial charge in [-0.05, 0) is 44.0 Å². The Hall–Kier alpha value is -2.08. The van der Waals surface area contributed by atoms with Crippen LogP contribution in [-0.2, 0) is 15.2 Å². The number of fused-ring (bicyclic) bond motifs is 1. The summed E-state index contributed by atoms with van der Waals surface area (Å²) in [6.45, 7) is 3.93. The Labute approximate surface area is 173 Å². The van der Waals surface area contributed by atoms with Gasteiger partial charge >= 0.3 is 0 Å². The Morgan fingerprint density at radius 1 is 1.25 bits per heavy atom. The third-order valence-corrected chi connectivity index (χ3v) is 5.26. The van der Waals surface area contributed by atoms with Crippen LogP contribution in [0.25, 0.3) is 0 Å². The highest BCUT2D eigenvalue weighted by Crippen LogP contribution is 2.44. The van der Waals surface area contributed by atoms with Crippen LogP contribution < -0.4 is 9.64 Å². The van der Waals surface area contributed by atoms with Crippen LogP contribution in [-0.4, -0.2) is 29.9 Å². The number of halogens is 2. The van der Waals surface area contributed by atoms with Crippen LogP contribution in [0, 0.1) is 6.92 Å². The highest BCUT2D eigenvalue weighted by atomic mass is 35.5. The molecule has 0 aliphatic carbocycles. The molecule has 0 saturated carbocycles. The molecule has 28 heavy (non-hydrogen) atoms. The fourth-order valence-corrected chi connectivity index (χ4v) is 4.00. The van der Waals surface area contributed by atoms with E-state index in [1.165, 1.54) is 6.92 Å². The average Bonchev–Trinajstić information content (AvgIpc) is 2.82. The van der Waals surface area contributed by atoms with E-state index < -0.39 is 11.5 Å². The number of aliphatic hydroxyl groups is 1. The van der Waals surface area contributed by atoms with Gasteiger partial charge in [0.25, 0.3) is 5.91 Å². The minimum absolute atomic E-state index is 0.240. The molecule has 0 spiro atoms. The number of benzene rings is 2. The second-order valence-electron chi connectivity index (χ2n) is 6.94. The summed E-state index contributed by atoms with van der Waals surface area (Å²) < 4.78 is 5.68. The predicted octanol–water partition coefficient (Wildman–Crippen LogP) is 4.28. The molecule has 0 radical (unpaired) electrons. The van der Waals surface area contributed by atoms with E-state index in [-0.39, 0.29) is 12.2 Å². The lowest BCUT2D eigenvalue weighted by atomic mass is 9.89. The molecule has 148 valence electrons. The normalized spacial score (nSPS) is 18.3. The van der Waals surface area contributed by atoms with Crippen LogP contribution in [0.5, 0.6) is 5.75 Å². The third-order valence-electron chi connectivity index (χ3n) is 4.73.